The van der Waals surface area contributed by atoms with Gasteiger partial charge in [0.1, 0.15) is 18.4 Å². The number of carbonyl (C=O) groups is 2. The second-order valence-corrected chi connectivity index (χ2v) is 10.5. The number of amides is 1. The number of anilines is 1. The van der Waals surface area contributed by atoms with E-state index in [1.54, 1.807) is 30.8 Å². The number of benzene rings is 1. The molecule has 0 saturated carbocycles. The molecule has 2 aliphatic rings. The van der Waals surface area contributed by atoms with Crippen LogP contribution < -0.4 is 10.0 Å². The topological polar surface area (TPSA) is 118 Å². The van der Waals surface area contributed by atoms with E-state index in [0.717, 1.165) is 20.3 Å². The van der Waals surface area contributed by atoms with Gasteiger partial charge in [0.15, 0.2) is 0 Å². The zero-order valence-corrected chi connectivity index (χ0v) is 20.4. The van der Waals surface area contributed by atoms with Crippen LogP contribution in [0, 0.1) is 11.8 Å². The first-order chi connectivity index (χ1) is 16.3. The number of aromatic nitrogens is 2. The summed E-state index contributed by atoms with van der Waals surface area (Å²) in [5, 5.41) is 30.1. The second kappa shape index (κ2) is 8.42. The summed E-state index contributed by atoms with van der Waals surface area (Å²) in [7, 11) is 0. The molecular formula is C23H25N4O5S2+. The van der Waals surface area contributed by atoms with Crippen molar-refractivity contribution in [1.29, 1.82) is 0 Å². The van der Waals surface area contributed by atoms with Gasteiger partial charge in [0.2, 0.25) is 15.8 Å². The monoisotopic (exact) mass is 501 g/mol. The Morgan fingerprint density at radius 1 is 1.32 bits per heavy atom. The molecule has 3 aromatic rings. The molecular weight excluding hydrogens is 476 g/mol. The predicted molar refractivity (Wildman–Crippen MR) is 128 cm³/mol. The Hall–Kier alpha value is -2.86. The Morgan fingerprint density at radius 3 is 2.62 bits per heavy atom. The van der Waals surface area contributed by atoms with Crippen molar-refractivity contribution in [2.24, 2.45) is 11.8 Å². The first-order valence-corrected chi connectivity index (χ1v) is 12.9. The summed E-state index contributed by atoms with van der Waals surface area (Å²) in [6, 6.07) is 7.15. The average Bonchev–Trinajstić information content (AvgIpc) is 3.41. The quantitative estimate of drug-likeness (QED) is 0.170. The summed E-state index contributed by atoms with van der Waals surface area (Å²) >= 11 is 3.12. The van der Waals surface area contributed by atoms with E-state index in [4.69, 9.17) is 5.21 Å². The molecule has 2 aromatic heterocycles. The van der Waals surface area contributed by atoms with E-state index < -0.39 is 18.0 Å². The standard InChI is InChI=1S/C23H24N4O5S2/c1-11-16(19(23(30)31)27-18(11)17(12(2)28)20(27)29)15-9-26-10-25(21(33-3)22(26)34-15)8-13-4-6-14(24-32)7-5-13/h4-7,9-12,17-18,24,28,32H,8H2,1-3H3/p+1/t11-,12+,17+,18+/m0/s1. The maximum Gasteiger partial charge on any atom is 0.352 e. The molecule has 34 heavy (non-hydrogen) atoms. The highest BCUT2D eigenvalue weighted by Gasteiger charge is 2.60. The van der Waals surface area contributed by atoms with Crippen LogP contribution in [-0.2, 0) is 16.1 Å². The van der Waals surface area contributed by atoms with Crippen molar-refractivity contribution in [2.45, 2.75) is 37.6 Å². The predicted octanol–water partition coefficient (Wildman–Crippen LogP) is 2.51. The van der Waals surface area contributed by atoms with Gasteiger partial charge in [0.05, 0.1) is 28.6 Å². The van der Waals surface area contributed by atoms with Crippen LogP contribution in [0.25, 0.3) is 10.4 Å². The number of aliphatic carboxylic acids is 1. The molecule has 1 aromatic carbocycles. The van der Waals surface area contributed by atoms with E-state index in [-0.39, 0.29) is 23.6 Å². The third kappa shape index (κ3) is 3.34. The fraction of sp³-hybridized carbons (Fsp3) is 0.348. The molecule has 4 heterocycles. The van der Waals surface area contributed by atoms with Crippen LogP contribution in [0.1, 0.15) is 24.3 Å². The SMILES string of the molecule is CSc1c2sc(C3=C(C(=O)O)N4C(=O)[C@H]([C@@H](C)O)[C@H]4[C@H]3C)cn2c[n+]1Cc1ccc(NO)cc1. The lowest BCUT2D eigenvalue weighted by molar-refractivity contribution is -0.721. The van der Waals surface area contributed by atoms with Crippen molar-refractivity contribution in [3.8, 4) is 0 Å². The molecule has 5 rings (SSSR count). The van der Waals surface area contributed by atoms with Crippen LogP contribution in [0.2, 0.25) is 0 Å². The highest BCUT2D eigenvalue weighted by Crippen LogP contribution is 2.51. The Morgan fingerprint density at radius 2 is 2.03 bits per heavy atom. The van der Waals surface area contributed by atoms with Crippen molar-refractivity contribution in [3.05, 3.63) is 52.9 Å². The van der Waals surface area contributed by atoms with Crippen molar-refractivity contribution in [2.75, 3.05) is 11.7 Å². The van der Waals surface area contributed by atoms with Gasteiger partial charge in [0.25, 0.3) is 6.33 Å². The first-order valence-electron chi connectivity index (χ1n) is 10.8. The molecule has 178 valence electrons. The van der Waals surface area contributed by atoms with Gasteiger partial charge in [-0.1, -0.05) is 42.2 Å². The van der Waals surface area contributed by atoms with Crippen molar-refractivity contribution in [3.63, 3.8) is 0 Å². The summed E-state index contributed by atoms with van der Waals surface area (Å²) < 4.78 is 4.13. The zero-order valence-electron chi connectivity index (χ0n) is 18.8. The number of aliphatic hydroxyl groups is 1. The molecule has 1 saturated heterocycles. The summed E-state index contributed by atoms with van der Waals surface area (Å²) in [5.74, 6) is -2.23. The summed E-state index contributed by atoms with van der Waals surface area (Å²) in [5.41, 5.74) is 4.50. The number of aliphatic hydroxyl groups excluding tert-OH is 1. The van der Waals surface area contributed by atoms with Gasteiger partial charge in [-0.05, 0) is 30.9 Å². The molecule has 0 radical (unpaired) electrons. The largest absolute Gasteiger partial charge is 0.477 e. The number of β-lactam (4-membered cyclic amide) rings is 1. The third-order valence-corrected chi connectivity index (χ3v) is 8.76. The van der Waals surface area contributed by atoms with Crippen LogP contribution in [0.4, 0.5) is 5.69 Å². The summed E-state index contributed by atoms with van der Waals surface area (Å²) in [6.07, 6.45) is 5.09. The lowest BCUT2D eigenvalue weighted by atomic mass is 9.77. The average molecular weight is 502 g/mol. The lowest BCUT2D eigenvalue weighted by Gasteiger charge is -2.46. The lowest BCUT2D eigenvalue weighted by Crippen LogP contribution is -2.63. The number of carboxylic acid groups (broad SMARTS) is 1. The summed E-state index contributed by atoms with van der Waals surface area (Å²) in [6.45, 7) is 4.16. The fourth-order valence-corrected chi connectivity index (χ4v) is 7.33. The molecule has 0 aliphatic carbocycles. The maximum atomic E-state index is 12.6. The van der Waals surface area contributed by atoms with E-state index in [0.29, 0.717) is 17.8 Å². The number of imidazole rings is 1. The van der Waals surface area contributed by atoms with Gasteiger partial charge in [-0.25, -0.2) is 9.36 Å². The molecule has 9 nitrogen and oxygen atoms in total. The minimum atomic E-state index is -1.12. The molecule has 0 spiro atoms. The molecule has 4 N–H and O–H groups in total. The Kier molecular flexibility index (Phi) is 5.67. The molecule has 11 heteroatoms. The van der Waals surface area contributed by atoms with Crippen LogP contribution in [0.15, 0.2) is 47.5 Å². The van der Waals surface area contributed by atoms with E-state index >= 15 is 0 Å². The number of hydrogen-bond acceptors (Lipinski definition) is 7. The number of carboxylic acids is 1. The number of thioether (sulfide) groups is 1. The number of nitrogens with one attached hydrogen (secondary N) is 1. The van der Waals surface area contributed by atoms with E-state index in [1.165, 1.54) is 16.2 Å². The Balaban J connectivity index is 1.53. The Bertz CT molecular complexity index is 1330. The maximum absolute atomic E-state index is 12.6. The normalized spacial score (nSPS) is 22.8. The molecule has 2 aliphatic heterocycles. The van der Waals surface area contributed by atoms with Gasteiger partial charge >= 0.3 is 5.97 Å². The number of rotatable bonds is 7. The molecule has 1 amide bonds. The van der Waals surface area contributed by atoms with Gasteiger partial charge in [-0.2, -0.15) is 4.40 Å². The zero-order chi connectivity index (χ0) is 24.3. The molecule has 0 unspecified atom stereocenters. The number of thiazole rings is 1. The highest BCUT2D eigenvalue weighted by molar-refractivity contribution is 7.98. The van der Waals surface area contributed by atoms with E-state index in [9.17, 15) is 19.8 Å². The molecule has 1 fully saturated rings. The smallest absolute Gasteiger partial charge is 0.352 e. The van der Waals surface area contributed by atoms with Crippen molar-refractivity contribution < 1.29 is 29.6 Å². The number of carbonyl (C=O) groups excluding carboxylic acids is 1. The minimum Gasteiger partial charge on any atom is -0.477 e. The van der Waals surface area contributed by atoms with Gasteiger partial charge in [-0.3, -0.25) is 15.5 Å². The van der Waals surface area contributed by atoms with Crippen molar-refractivity contribution >= 4 is 51.1 Å². The van der Waals surface area contributed by atoms with E-state index in [1.807, 2.05) is 42.2 Å². The summed E-state index contributed by atoms with van der Waals surface area (Å²) in [4.78, 5) is 28.0. The molecule has 4 atom stereocenters. The second-order valence-electron chi connectivity index (χ2n) is 8.69. The third-order valence-electron chi connectivity index (χ3n) is 6.67. The van der Waals surface area contributed by atoms with E-state index in [2.05, 4.69) is 10.0 Å². The minimum absolute atomic E-state index is 0.0278. The van der Waals surface area contributed by atoms with Gasteiger partial charge < -0.3 is 15.1 Å². The van der Waals surface area contributed by atoms with Gasteiger partial charge in [-0.15, -0.1) is 0 Å². The van der Waals surface area contributed by atoms with Crippen LogP contribution >= 0.6 is 23.1 Å². The Labute approximate surface area is 203 Å². The number of hydrogen-bond donors (Lipinski definition) is 4. The molecule has 0 bridgehead atoms. The van der Waals surface area contributed by atoms with Crippen molar-refractivity contribution in [1.82, 2.24) is 9.30 Å². The van der Waals surface area contributed by atoms with Crippen LogP contribution in [0.3, 0.4) is 0 Å². The number of nitrogens with zero attached hydrogens (tertiary/aromatic N) is 3. The van der Waals surface area contributed by atoms with Crippen LogP contribution in [0.5, 0.6) is 0 Å². The van der Waals surface area contributed by atoms with Gasteiger partial charge in [0, 0.05) is 11.5 Å². The fourth-order valence-electron chi connectivity index (χ4n) is 5.15. The highest BCUT2D eigenvalue weighted by atomic mass is 32.2. The first kappa shape index (κ1) is 22.9. The van der Waals surface area contributed by atoms with Crippen LogP contribution in [-0.4, -0.2) is 55.0 Å². The number of fused-ring (bicyclic) bond motifs is 2.